The minimum atomic E-state index is -0.535. The molecule has 20 heavy (non-hydrogen) atoms. The maximum Gasteiger partial charge on any atom is 0.283 e. The Morgan fingerprint density at radius 2 is 2.15 bits per heavy atom. The molecule has 0 atom stereocenters. The Balaban J connectivity index is 1.77. The molecule has 2 N–H and O–H groups in total. The topological polar surface area (TPSA) is 109 Å². The second-order valence-electron chi connectivity index (χ2n) is 5.00. The average molecular weight is 274 g/mol. The quantitative estimate of drug-likeness (QED) is 0.760. The first-order valence-electron chi connectivity index (χ1n) is 6.08. The molecule has 3 aromatic rings. The zero-order chi connectivity index (χ0) is 14.2. The lowest BCUT2D eigenvalue weighted by Gasteiger charge is -2.13. The van der Waals surface area contributed by atoms with E-state index in [-0.39, 0.29) is 0 Å². The molecule has 0 unspecified atom stereocenters. The first-order valence-corrected chi connectivity index (χ1v) is 6.08. The third-order valence-electron chi connectivity index (χ3n) is 2.69. The number of rotatable bonds is 4. The smallest absolute Gasteiger partial charge is 0.283 e. The van der Waals surface area contributed by atoms with Crippen molar-refractivity contribution in [2.45, 2.75) is 25.9 Å². The van der Waals surface area contributed by atoms with Crippen molar-refractivity contribution < 1.29 is 8.83 Å². The van der Waals surface area contributed by atoms with Crippen LogP contribution in [-0.2, 0) is 12.1 Å². The van der Waals surface area contributed by atoms with Crippen molar-refractivity contribution in [3.05, 3.63) is 36.2 Å². The van der Waals surface area contributed by atoms with Crippen LogP contribution in [0.5, 0.6) is 0 Å². The molecule has 0 amide bonds. The molecule has 3 aromatic heterocycles. The highest BCUT2D eigenvalue weighted by molar-refractivity contribution is 5.42. The van der Waals surface area contributed by atoms with Crippen LogP contribution in [0, 0.1) is 0 Å². The zero-order valence-electron chi connectivity index (χ0n) is 11.1. The van der Waals surface area contributed by atoms with Gasteiger partial charge in [-0.25, -0.2) is 4.68 Å². The fourth-order valence-electron chi connectivity index (χ4n) is 1.63. The number of aromatic nitrogens is 5. The summed E-state index contributed by atoms with van der Waals surface area (Å²) in [6.07, 6.45) is 3.31. The van der Waals surface area contributed by atoms with Gasteiger partial charge in [0.2, 0.25) is 5.89 Å². The third kappa shape index (κ3) is 2.45. The van der Waals surface area contributed by atoms with Crippen molar-refractivity contribution in [2.75, 3.05) is 0 Å². The lowest BCUT2D eigenvalue weighted by Crippen LogP contribution is -2.29. The number of hydrogen-bond acceptors (Lipinski definition) is 7. The Labute approximate surface area is 114 Å². The second kappa shape index (κ2) is 4.57. The van der Waals surface area contributed by atoms with Crippen molar-refractivity contribution >= 4 is 0 Å². The molecule has 0 aliphatic carbocycles. The predicted molar refractivity (Wildman–Crippen MR) is 68.3 cm³/mol. The number of nitrogens with zero attached hydrogens (tertiary/aromatic N) is 5. The molecule has 3 rings (SSSR count). The lowest BCUT2D eigenvalue weighted by molar-refractivity contribution is 0.454. The Hall–Kier alpha value is -2.48. The minimum absolute atomic E-state index is 0.330. The fourth-order valence-corrected chi connectivity index (χ4v) is 1.63. The van der Waals surface area contributed by atoms with E-state index in [1.54, 1.807) is 29.3 Å². The molecule has 0 bridgehead atoms. The van der Waals surface area contributed by atoms with Gasteiger partial charge in [-0.3, -0.25) is 0 Å². The van der Waals surface area contributed by atoms with E-state index in [0.29, 0.717) is 29.8 Å². The summed E-state index contributed by atoms with van der Waals surface area (Å²) in [5, 5.41) is 15.9. The van der Waals surface area contributed by atoms with Crippen LogP contribution in [0.15, 0.2) is 33.4 Å². The molecule has 104 valence electrons. The highest BCUT2D eigenvalue weighted by Crippen LogP contribution is 2.18. The monoisotopic (exact) mass is 274 g/mol. The summed E-state index contributed by atoms with van der Waals surface area (Å²) < 4.78 is 12.3. The van der Waals surface area contributed by atoms with Gasteiger partial charge in [0.1, 0.15) is 12.2 Å². The summed E-state index contributed by atoms with van der Waals surface area (Å²) in [7, 11) is 0. The van der Waals surface area contributed by atoms with Crippen LogP contribution in [0.25, 0.3) is 11.7 Å². The normalized spacial score (nSPS) is 11.9. The van der Waals surface area contributed by atoms with E-state index in [1.165, 1.54) is 0 Å². The Kier molecular flexibility index (Phi) is 2.87. The van der Waals surface area contributed by atoms with Gasteiger partial charge in [0.05, 0.1) is 18.0 Å². The van der Waals surface area contributed by atoms with Crippen LogP contribution in [0.3, 0.4) is 0 Å². The third-order valence-corrected chi connectivity index (χ3v) is 2.69. The Morgan fingerprint density at radius 3 is 2.80 bits per heavy atom. The summed E-state index contributed by atoms with van der Waals surface area (Å²) in [5.74, 6) is 1.29. The second-order valence-corrected chi connectivity index (χ2v) is 5.00. The molecule has 0 radical (unpaired) electrons. The molecule has 0 aromatic carbocycles. The largest absolute Gasteiger partial charge is 0.459 e. The predicted octanol–water partition coefficient (Wildman–Crippen LogP) is 1.16. The molecule has 0 saturated heterocycles. The molecule has 8 nitrogen and oxygen atoms in total. The van der Waals surface area contributed by atoms with E-state index in [2.05, 4.69) is 20.5 Å². The first kappa shape index (κ1) is 12.5. The number of furan rings is 1. The van der Waals surface area contributed by atoms with Gasteiger partial charge in [-0.15, -0.1) is 15.3 Å². The first-order chi connectivity index (χ1) is 9.52. The summed E-state index contributed by atoms with van der Waals surface area (Å²) >= 11 is 0. The highest BCUT2D eigenvalue weighted by atomic mass is 16.4. The van der Waals surface area contributed by atoms with Gasteiger partial charge in [-0.05, 0) is 26.0 Å². The molecule has 0 fully saturated rings. The van der Waals surface area contributed by atoms with Crippen LogP contribution in [0.2, 0.25) is 0 Å². The van der Waals surface area contributed by atoms with Crippen molar-refractivity contribution in [3.8, 4) is 11.7 Å². The molecule has 8 heteroatoms. The van der Waals surface area contributed by atoms with Crippen molar-refractivity contribution in [3.63, 3.8) is 0 Å². The van der Waals surface area contributed by atoms with Gasteiger partial charge in [-0.2, -0.15) is 0 Å². The highest BCUT2D eigenvalue weighted by Gasteiger charge is 2.19. The number of nitrogens with two attached hydrogens (primary N) is 1. The molecule has 0 saturated carbocycles. The molecule has 0 aliphatic heterocycles. The van der Waals surface area contributed by atoms with E-state index in [1.807, 2.05) is 13.8 Å². The van der Waals surface area contributed by atoms with Gasteiger partial charge >= 0.3 is 0 Å². The Bertz CT molecular complexity index is 692. The summed E-state index contributed by atoms with van der Waals surface area (Å²) in [6, 6.07) is 3.51. The minimum Gasteiger partial charge on any atom is -0.459 e. The van der Waals surface area contributed by atoms with E-state index in [9.17, 15) is 0 Å². The van der Waals surface area contributed by atoms with Gasteiger partial charge in [0.15, 0.2) is 5.76 Å². The molecule has 3 heterocycles. The Morgan fingerprint density at radius 1 is 1.30 bits per heavy atom. The van der Waals surface area contributed by atoms with Gasteiger partial charge in [0.25, 0.3) is 5.89 Å². The summed E-state index contributed by atoms with van der Waals surface area (Å²) in [6.45, 7) is 4.06. The fraction of sp³-hybridized carbons (Fsp3) is 0.333. The van der Waals surface area contributed by atoms with E-state index < -0.39 is 5.54 Å². The van der Waals surface area contributed by atoms with Crippen molar-refractivity contribution in [1.29, 1.82) is 0 Å². The van der Waals surface area contributed by atoms with Crippen LogP contribution < -0.4 is 5.73 Å². The average Bonchev–Trinajstić information content (AvgIpc) is 3.08. The van der Waals surface area contributed by atoms with E-state index in [0.717, 1.165) is 0 Å². The van der Waals surface area contributed by atoms with Gasteiger partial charge in [0, 0.05) is 0 Å². The summed E-state index contributed by atoms with van der Waals surface area (Å²) in [5.41, 5.74) is 6.11. The maximum absolute atomic E-state index is 5.95. The SMILES string of the molecule is CC(C)(N)c1cn(Cc2nnc(-c3ccco3)o2)nn1. The van der Waals surface area contributed by atoms with Crippen LogP contribution in [0.4, 0.5) is 0 Å². The maximum atomic E-state index is 5.95. The van der Waals surface area contributed by atoms with Crippen LogP contribution in [-0.4, -0.2) is 25.2 Å². The molecular weight excluding hydrogens is 260 g/mol. The van der Waals surface area contributed by atoms with Crippen molar-refractivity contribution in [2.24, 2.45) is 5.73 Å². The van der Waals surface area contributed by atoms with Crippen molar-refractivity contribution in [1.82, 2.24) is 25.2 Å². The standard InChI is InChI=1S/C12H14N6O2/c1-12(2,13)9-6-18(17-14-9)7-10-15-16-11(20-10)8-4-3-5-19-8/h3-6H,7,13H2,1-2H3. The molecule has 0 spiro atoms. The van der Waals surface area contributed by atoms with Crippen LogP contribution >= 0.6 is 0 Å². The lowest BCUT2D eigenvalue weighted by atomic mass is 10.0. The zero-order valence-corrected chi connectivity index (χ0v) is 11.1. The van der Waals surface area contributed by atoms with Gasteiger partial charge < -0.3 is 14.6 Å². The van der Waals surface area contributed by atoms with E-state index >= 15 is 0 Å². The van der Waals surface area contributed by atoms with E-state index in [4.69, 9.17) is 14.6 Å². The summed E-state index contributed by atoms with van der Waals surface area (Å²) in [4.78, 5) is 0. The van der Waals surface area contributed by atoms with Crippen LogP contribution in [0.1, 0.15) is 25.4 Å². The molecule has 0 aliphatic rings. The van der Waals surface area contributed by atoms with Gasteiger partial charge in [-0.1, -0.05) is 5.21 Å². The number of hydrogen-bond donors (Lipinski definition) is 1. The molecular formula is C12H14N6O2.